The van der Waals surface area contributed by atoms with E-state index < -0.39 is 0 Å². The summed E-state index contributed by atoms with van der Waals surface area (Å²) < 4.78 is 5.41. The minimum atomic E-state index is -0.0605. The van der Waals surface area contributed by atoms with E-state index in [-0.39, 0.29) is 17.4 Å². The molecule has 0 radical (unpaired) electrons. The average Bonchev–Trinajstić information content (AvgIpc) is 2.45. The van der Waals surface area contributed by atoms with Gasteiger partial charge in [-0.25, -0.2) is 0 Å². The Morgan fingerprint density at radius 2 is 2.10 bits per heavy atom. The molecule has 1 aromatic rings. The zero-order valence-corrected chi connectivity index (χ0v) is 13.1. The van der Waals surface area contributed by atoms with Crippen LogP contribution in [0.15, 0.2) is 24.3 Å². The van der Waals surface area contributed by atoms with Crippen molar-refractivity contribution in [1.29, 1.82) is 0 Å². The largest absolute Gasteiger partial charge is 0.377 e. The Labute approximate surface area is 125 Å². The number of ether oxygens (including phenoxy) is 1. The van der Waals surface area contributed by atoms with Gasteiger partial charge >= 0.3 is 0 Å². The number of morpholine rings is 1. The summed E-state index contributed by atoms with van der Waals surface area (Å²) in [6, 6.07) is 7.80. The minimum Gasteiger partial charge on any atom is -0.377 e. The molecule has 1 fully saturated rings. The van der Waals surface area contributed by atoms with Gasteiger partial charge in [-0.3, -0.25) is 4.79 Å². The van der Waals surface area contributed by atoms with Crippen molar-refractivity contribution in [2.45, 2.75) is 32.2 Å². The highest BCUT2D eigenvalue weighted by Crippen LogP contribution is 2.27. The van der Waals surface area contributed by atoms with Gasteiger partial charge in [0.05, 0.1) is 19.3 Å². The zero-order valence-electron chi connectivity index (χ0n) is 12.4. The lowest BCUT2D eigenvalue weighted by Crippen LogP contribution is -2.50. The summed E-state index contributed by atoms with van der Waals surface area (Å²) in [5.74, 6) is 0.466. The fourth-order valence-corrected chi connectivity index (χ4v) is 2.78. The highest BCUT2D eigenvalue weighted by atomic mass is 35.5. The molecular weight excluding hydrogens is 274 g/mol. The van der Waals surface area contributed by atoms with E-state index in [4.69, 9.17) is 16.3 Å². The van der Waals surface area contributed by atoms with Crippen LogP contribution in [0.2, 0.25) is 0 Å². The Bertz CT molecular complexity index is 482. The molecule has 1 aromatic carbocycles. The maximum atomic E-state index is 12.8. The van der Waals surface area contributed by atoms with Crippen LogP contribution >= 0.6 is 11.6 Å². The molecule has 20 heavy (non-hydrogen) atoms. The first kappa shape index (κ1) is 15.3. The lowest BCUT2D eigenvalue weighted by Gasteiger charge is -2.35. The van der Waals surface area contributed by atoms with Crippen molar-refractivity contribution in [2.24, 2.45) is 0 Å². The van der Waals surface area contributed by atoms with Crippen molar-refractivity contribution in [1.82, 2.24) is 4.90 Å². The van der Waals surface area contributed by atoms with Crippen molar-refractivity contribution in [3.63, 3.8) is 0 Å². The van der Waals surface area contributed by atoms with Crippen LogP contribution in [0.1, 0.15) is 36.7 Å². The van der Waals surface area contributed by atoms with Crippen LogP contribution in [0.5, 0.6) is 0 Å². The summed E-state index contributed by atoms with van der Waals surface area (Å²) in [6.45, 7) is 8.07. The van der Waals surface area contributed by atoms with Crippen LogP contribution in [-0.4, -0.2) is 42.5 Å². The molecule has 0 saturated carbocycles. The second-order valence-corrected chi connectivity index (χ2v) is 6.49. The fraction of sp³-hybridized carbons (Fsp3) is 0.562. The molecule has 1 aliphatic rings. The minimum absolute atomic E-state index is 0.0362. The van der Waals surface area contributed by atoms with E-state index >= 15 is 0 Å². The van der Waals surface area contributed by atoms with Gasteiger partial charge in [-0.1, -0.05) is 39.0 Å². The summed E-state index contributed by atoms with van der Waals surface area (Å²) in [4.78, 5) is 14.7. The van der Waals surface area contributed by atoms with E-state index in [1.165, 1.54) is 0 Å². The van der Waals surface area contributed by atoms with Gasteiger partial charge in [0.1, 0.15) is 0 Å². The molecule has 1 aliphatic heterocycles. The highest BCUT2D eigenvalue weighted by molar-refractivity contribution is 6.18. The highest BCUT2D eigenvalue weighted by Gasteiger charge is 2.30. The van der Waals surface area contributed by atoms with Gasteiger partial charge in [-0.15, -0.1) is 11.6 Å². The number of amides is 1. The molecule has 0 aliphatic carbocycles. The normalized spacial score (nSPS) is 20.0. The smallest absolute Gasteiger partial charge is 0.254 e. The third-order valence-corrected chi connectivity index (χ3v) is 3.99. The molecule has 0 spiro atoms. The van der Waals surface area contributed by atoms with Gasteiger partial charge < -0.3 is 9.64 Å². The van der Waals surface area contributed by atoms with Crippen LogP contribution in [-0.2, 0) is 10.2 Å². The zero-order chi connectivity index (χ0) is 14.8. The number of halogens is 1. The molecule has 0 aromatic heterocycles. The molecule has 1 atom stereocenters. The third kappa shape index (κ3) is 3.15. The Hall–Kier alpha value is -1.06. The van der Waals surface area contributed by atoms with Gasteiger partial charge in [-0.05, 0) is 17.0 Å². The molecular formula is C16H22ClNO2. The predicted molar refractivity (Wildman–Crippen MR) is 81.5 cm³/mol. The topological polar surface area (TPSA) is 29.5 Å². The third-order valence-electron chi connectivity index (χ3n) is 3.63. The maximum Gasteiger partial charge on any atom is 0.254 e. The van der Waals surface area contributed by atoms with E-state index in [1.807, 2.05) is 29.2 Å². The van der Waals surface area contributed by atoms with Crippen molar-refractivity contribution < 1.29 is 9.53 Å². The fourth-order valence-electron chi connectivity index (χ4n) is 2.53. The molecule has 4 heteroatoms. The Morgan fingerprint density at radius 1 is 1.40 bits per heavy atom. The first-order valence-electron chi connectivity index (χ1n) is 6.99. The Balaban J connectivity index is 2.33. The van der Waals surface area contributed by atoms with E-state index in [2.05, 4.69) is 20.8 Å². The summed E-state index contributed by atoms with van der Waals surface area (Å²) in [5.41, 5.74) is 1.79. The monoisotopic (exact) mass is 295 g/mol. The van der Waals surface area contributed by atoms with Crippen LogP contribution in [0.3, 0.4) is 0 Å². The number of alkyl halides is 1. The van der Waals surface area contributed by atoms with E-state index in [9.17, 15) is 4.79 Å². The van der Waals surface area contributed by atoms with E-state index in [1.54, 1.807) is 0 Å². The summed E-state index contributed by atoms with van der Waals surface area (Å²) in [7, 11) is 0. The lowest BCUT2D eigenvalue weighted by molar-refractivity contribution is 0.00444. The van der Waals surface area contributed by atoms with Crippen LogP contribution in [0.25, 0.3) is 0 Å². The first-order valence-corrected chi connectivity index (χ1v) is 7.53. The SMILES string of the molecule is CC(C)(C)c1ccccc1C(=O)N1CCOCC1CCl. The quantitative estimate of drug-likeness (QED) is 0.785. The molecule has 0 bridgehead atoms. The first-order chi connectivity index (χ1) is 9.45. The van der Waals surface area contributed by atoms with E-state index in [0.29, 0.717) is 25.6 Å². The number of carbonyl (C=O) groups excluding carboxylic acids is 1. The number of benzene rings is 1. The van der Waals surface area contributed by atoms with Crippen molar-refractivity contribution >= 4 is 17.5 Å². The van der Waals surface area contributed by atoms with Gasteiger partial charge in [-0.2, -0.15) is 0 Å². The standard InChI is InChI=1S/C16H22ClNO2/c1-16(2,3)14-7-5-4-6-13(14)15(19)18-8-9-20-11-12(18)10-17/h4-7,12H,8-11H2,1-3H3. The van der Waals surface area contributed by atoms with Gasteiger partial charge in [0.2, 0.25) is 0 Å². The predicted octanol–water partition coefficient (Wildman–Crippen LogP) is 3.06. The second kappa shape index (κ2) is 6.15. The van der Waals surface area contributed by atoms with Gasteiger partial charge in [0.25, 0.3) is 5.91 Å². The van der Waals surface area contributed by atoms with Crippen molar-refractivity contribution in [2.75, 3.05) is 25.6 Å². The lowest BCUT2D eigenvalue weighted by atomic mass is 9.83. The molecule has 3 nitrogen and oxygen atoms in total. The average molecular weight is 296 g/mol. The molecule has 1 saturated heterocycles. The van der Waals surface area contributed by atoms with Crippen LogP contribution in [0.4, 0.5) is 0 Å². The number of nitrogens with zero attached hydrogens (tertiary/aromatic N) is 1. The van der Waals surface area contributed by atoms with Crippen LogP contribution < -0.4 is 0 Å². The van der Waals surface area contributed by atoms with E-state index in [0.717, 1.165) is 11.1 Å². The summed E-state index contributed by atoms with van der Waals surface area (Å²) in [6.07, 6.45) is 0. The van der Waals surface area contributed by atoms with Crippen molar-refractivity contribution in [3.05, 3.63) is 35.4 Å². The van der Waals surface area contributed by atoms with Crippen LogP contribution in [0, 0.1) is 0 Å². The molecule has 110 valence electrons. The second-order valence-electron chi connectivity index (χ2n) is 6.18. The summed E-state index contributed by atoms with van der Waals surface area (Å²) >= 11 is 5.96. The number of hydrogen-bond acceptors (Lipinski definition) is 2. The number of rotatable bonds is 2. The molecule has 1 unspecified atom stereocenters. The molecule has 0 N–H and O–H groups in total. The van der Waals surface area contributed by atoms with Gasteiger partial charge in [0.15, 0.2) is 0 Å². The summed E-state index contributed by atoms with van der Waals surface area (Å²) in [5, 5.41) is 0. The number of hydrogen-bond donors (Lipinski definition) is 0. The van der Waals surface area contributed by atoms with Gasteiger partial charge in [0, 0.05) is 18.0 Å². The Kier molecular flexibility index (Phi) is 4.71. The molecule has 2 rings (SSSR count). The molecule has 1 heterocycles. The molecule has 1 amide bonds. The van der Waals surface area contributed by atoms with Crippen molar-refractivity contribution in [3.8, 4) is 0 Å². The maximum absolute atomic E-state index is 12.8. The number of carbonyl (C=O) groups is 1. The Morgan fingerprint density at radius 3 is 2.75 bits per heavy atom.